The van der Waals surface area contributed by atoms with Crippen molar-refractivity contribution in [1.82, 2.24) is 15.0 Å². The molecule has 0 aliphatic heterocycles. The summed E-state index contributed by atoms with van der Waals surface area (Å²) < 4.78 is 19.7. The van der Waals surface area contributed by atoms with Crippen LogP contribution in [0.1, 0.15) is 0 Å². The molecule has 2 aromatic rings. The third-order valence-corrected chi connectivity index (χ3v) is 2.25. The Morgan fingerprint density at radius 1 is 1.47 bits per heavy atom. The van der Waals surface area contributed by atoms with Crippen molar-refractivity contribution in [2.45, 2.75) is 0 Å². The van der Waals surface area contributed by atoms with E-state index in [4.69, 9.17) is 16.3 Å². The number of rotatable bonds is 2. The highest BCUT2D eigenvalue weighted by Gasteiger charge is 2.10. The Morgan fingerprint density at radius 2 is 2.27 bits per heavy atom. The zero-order chi connectivity index (χ0) is 10.8. The molecule has 6 heteroatoms. The van der Waals surface area contributed by atoms with Crippen molar-refractivity contribution in [3.05, 3.63) is 35.4 Å². The minimum Gasteiger partial charge on any atom is -0.495 e. The van der Waals surface area contributed by atoms with Crippen molar-refractivity contribution in [2.75, 3.05) is 7.11 Å². The van der Waals surface area contributed by atoms with Gasteiger partial charge in [-0.25, -0.2) is 9.07 Å². The van der Waals surface area contributed by atoms with E-state index in [1.807, 2.05) is 0 Å². The van der Waals surface area contributed by atoms with Gasteiger partial charge in [0.15, 0.2) is 0 Å². The Bertz CT molecular complexity index is 472. The molecule has 0 saturated heterocycles. The first-order chi connectivity index (χ1) is 7.22. The number of methoxy groups -OCH3 is 1. The van der Waals surface area contributed by atoms with Crippen molar-refractivity contribution in [2.24, 2.45) is 0 Å². The zero-order valence-electron chi connectivity index (χ0n) is 7.82. The third kappa shape index (κ3) is 1.78. The first-order valence-electron chi connectivity index (χ1n) is 4.12. The average Bonchev–Trinajstić information content (AvgIpc) is 2.75. The molecule has 0 aliphatic carbocycles. The van der Waals surface area contributed by atoms with E-state index in [1.54, 1.807) is 12.3 Å². The number of hydrogen-bond donors (Lipinski definition) is 0. The Balaban J connectivity index is 2.55. The molecule has 2 rings (SSSR count). The number of aromatic nitrogens is 3. The molecule has 0 unspecified atom stereocenters. The summed E-state index contributed by atoms with van der Waals surface area (Å²) in [5.41, 5.74) is 0.506. The third-order valence-electron chi connectivity index (χ3n) is 1.89. The van der Waals surface area contributed by atoms with Crippen LogP contribution in [0.2, 0.25) is 5.02 Å². The smallest absolute Gasteiger partial charge is 0.147 e. The molecule has 15 heavy (non-hydrogen) atoms. The van der Waals surface area contributed by atoms with Gasteiger partial charge in [-0.1, -0.05) is 16.8 Å². The predicted molar refractivity (Wildman–Crippen MR) is 52.9 cm³/mol. The van der Waals surface area contributed by atoms with Crippen LogP contribution in [0.25, 0.3) is 5.69 Å². The van der Waals surface area contributed by atoms with Crippen LogP contribution in [0.3, 0.4) is 0 Å². The van der Waals surface area contributed by atoms with Gasteiger partial charge in [0, 0.05) is 12.1 Å². The minimum absolute atomic E-state index is 0.0404. The lowest BCUT2D eigenvalue weighted by molar-refractivity contribution is 0.411. The summed E-state index contributed by atoms with van der Waals surface area (Å²) >= 11 is 5.68. The predicted octanol–water partition coefficient (Wildman–Crippen LogP) is 2.07. The number of nitrogens with zero attached hydrogens (tertiary/aromatic N) is 3. The van der Waals surface area contributed by atoms with E-state index in [1.165, 1.54) is 24.1 Å². The normalized spacial score (nSPS) is 10.3. The lowest BCUT2D eigenvalue weighted by Gasteiger charge is -2.07. The van der Waals surface area contributed by atoms with E-state index in [9.17, 15) is 4.39 Å². The molecule has 0 aliphatic rings. The maximum atomic E-state index is 13.3. The maximum Gasteiger partial charge on any atom is 0.147 e. The fourth-order valence-corrected chi connectivity index (χ4v) is 1.36. The van der Waals surface area contributed by atoms with Crippen molar-refractivity contribution in [1.29, 1.82) is 0 Å². The second kappa shape index (κ2) is 3.86. The van der Waals surface area contributed by atoms with Gasteiger partial charge in [0.1, 0.15) is 16.6 Å². The molecule has 1 aromatic carbocycles. The lowest BCUT2D eigenvalue weighted by Crippen LogP contribution is -1.98. The fraction of sp³-hybridized carbons (Fsp3) is 0.111. The van der Waals surface area contributed by atoms with Crippen LogP contribution in [0.5, 0.6) is 5.75 Å². The summed E-state index contributed by atoms with van der Waals surface area (Å²) in [5.74, 6) is -0.288. The molecular formula is C9H7ClFN3O. The molecule has 1 aromatic heterocycles. The fourth-order valence-electron chi connectivity index (χ4n) is 1.18. The van der Waals surface area contributed by atoms with E-state index in [0.717, 1.165) is 0 Å². The average molecular weight is 228 g/mol. The summed E-state index contributed by atoms with van der Waals surface area (Å²) in [6.07, 6.45) is 3.10. The van der Waals surface area contributed by atoms with E-state index in [2.05, 4.69) is 10.3 Å². The molecule has 0 spiro atoms. The van der Waals surface area contributed by atoms with Crippen molar-refractivity contribution in [3.63, 3.8) is 0 Å². The second-order valence-corrected chi connectivity index (χ2v) is 3.17. The molecule has 0 atom stereocenters. The van der Waals surface area contributed by atoms with Gasteiger partial charge in [-0.3, -0.25) is 0 Å². The largest absolute Gasteiger partial charge is 0.495 e. The second-order valence-electron chi connectivity index (χ2n) is 2.79. The van der Waals surface area contributed by atoms with Gasteiger partial charge in [0.25, 0.3) is 0 Å². The summed E-state index contributed by atoms with van der Waals surface area (Å²) in [6, 6.07) is 2.85. The highest BCUT2D eigenvalue weighted by molar-refractivity contribution is 6.32. The molecule has 0 N–H and O–H groups in total. The van der Waals surface area contributed by atoms with Crippen LogP contribution in [-0.4, -0.2) is 22.1 Å². The number of benzene rings is 1. The van der Waals surface area contributed by atoms with Crippen LogP contribution in [0.15, 0.2) is 24.5 Å². The molecule has 4 nitrogen and oxygen atoms in total. The van der Waals surface area contributed by atoms with Crippen LogP contribution >= 0.6 is 11.6 Å². The first kappa shape index (κ1) is 9.92. The monoisotopic (exact) mass is 227 g/mol. The molecule has 0 radical (unpaired) electrons. The quantitative estimate of drug-likeness (QED) is 0.789. The van der Waals surface area contributed by atoms with Crippen molar-refractivity contribution >= 4 is 11.6 Å². The van der Waals surface area contributed by atoms with Gasteiger partial charge < -0.3 is 4.74 Å². The SMILES string of the molecule is COc1cc(-n2ccnn2)cc(F)c1Cl. The van der Waals surface area contributed by atoms with Crippen molar-refractivity contribution < 1.29 is 9.13 Å². The van der Waals surface area contributed by atoms with Gasteiger partial charge >= 0.3 is 0 Å². The minimum atomic E-state index is -0.554. The van der Waals surface area contributed by atoms with Gasteiger partial charge in [-0.15, -0.1) is 5.10 Å². The summed E-state index contributed by atoms with van der Waals surface area (Å²) in [6.45, 7) is 0. The van der Waals surface area contributed by atoms with Gasteiger partial charge in [-0.05, 0) is 0 Å². The van der Waals surface area contributed by atoms with Gasteiger partial charge in [-0.2, -0.15) is 0 Å². The van der Waals surface area contributed by atoms with Gasteiger partial charge in [0.05, 0.1) is 25.2 Å². The van der Waals surface area contributed by atoms with Crippen LogP contribution in [-0.2, 0) is 0 Å². The molecule has 0 fully saturated rings. The highest BCUT2D eigenvalue weighted by atomic mass is 35.5. The number of ether oxygens (including phenoxy) is 1. The number of hydrogen-bond acceptors (Lipinski definition) is 3. The highest BCUT2D eigenvalue weighted by Crippen LogP contribution is 2.29. The molecular weight excluding hydrogens is 221 g/mol. The zero-order valence-corrected chi connectivity index (χ0v) is 8.57. The summed E-state index contributed by atoms with van der Waals surface area (Å²) in [5, 5.41) is 7.32. The molecule has 0 saturated carbocycles. The Hall–Kier alpha value is -1.62. The molecule has 1 heterocycles. The molecule has 0 bridgehead atoms. The molecule has 0 amide bonds. The van der Waals surface area contributed by atoms with E-state index >= 15 is 0 Å². The Kier molecular flexibility index (Phi) is 2.55. The maximum absolute atomic E-state index is 13.3. The standard InChI is InChI=1S/C9H7ClFN3O/c1-15-8-5-6(4-7(11)9(8)10)14-3-2-12-13-14/h2-5H,1H3. The summed E-state index contributed by atoms with van der Waals surface area (Å²) in [4.78, 5) is 0. The van der Waals surface area contributed by atoms with Gasteiger partial charge in [0.2, 0.25) is 0 Å². The van der Waals surface area contributed by atoms with E-state index in [-0.39, 0.29) is 10.8 Å². The first-order valence-corrected chi connectivity index (χ1v) is 4.50. The van der Waals surface area contributed by atoms with Crippen molar-refractivity contribution in [3.8, 4) is 11.4 Å². The number of halogens is 2. The topological polar surface area (TPSA) is 39.9 Å². The van der Waals surface area contributed by atoms with E-state index < -0.39 is 5.82 Å². The van der Waals surface area contributed by atoms with E-state index in [0.29, 0.717) is 5.69 Å². The summed E-state index contributed by atoms with van der Waals surface area (Å²) in [7, 11) is 1.42. The Labute approximate surface area is 90.2 Å². The molecule has 78 valence electrons. The van der Waals surface area contributed by atoms with Crippen LogP contribution in [0.4, 0.5) is 4.39 Å². The van der Waals surface area contributed by atoms with Crippen LogP contribution in [0, 0.1) is 5.82 Å². The Morgan fingerprint density at radius 3 is 2.87 bits per heavy atom. The lowest BCUT2D eigenvalue weighted by atomic mass is 10.3. The van der Waals surface area contributed by atoms with Crippen LogP contribution < -0.4 is 4.74 Å².